The molecule has 0 spiro atoms. The Morgan fingerprint density at radius 1 is 0.920 bits per heavy atom. The van der Waals surface area contributed by atoms with Gasteiger partial charge in [-0.2, -0.15) is 5.10 Å². The zero-order valence-electron chi connectivity index (χ0n) is 14.1. The number of pyridine rings is 1. The van der Waals surface area contributed by atoms with E-state index in [0.29, 0.717) is 0 Å². The number of likely N-dealkylation sites (N-methyl/N-ethyl adjacent to an activating group) is 1. The molecule has 0 radical (unpaired) electrons. The predicted molar refractivity (Wildman–Crippen MR) is 105 cm³/mol. The maximum absolute atomic E-state index is 4.67. The van der Waals surface area contributed by atoms with Gasteiger partial charge < -0.3 is 9.80 Å². The lowest BCUT2D eigenvalue weighted by Crippen LogP contribution is -2.44. The molecule has 0 amide bonds. The summed E-state index contributed by atoms with van der Waals surface area (Å²) >= 11 is 3.51. The molecule has 1 aliphatic rings. The van der Waals surface area contributed by atoms with Crippen LogP contribution in [0.15, 0.2) is 53.3 Å². The highest BCUT2D eigenvalue weighted by molar-refractivity contribution is 9.10. The molecule has 3 heterocycles. The highest BCUT2D eigenvalue weighted by Gasteiger charge is 2.23. The van der Waals surface area contributed by atoms with Crippen molar-refractivity contribution in [3.63, 3.8) is 0 Å². The van der Waals surface area contributed by atoms with Crippen LogP contribution in [0.1, 0.15) is 0 Å². The minimum atomic E-state index is 0.979. The Morgan fingerprint density at radius 2 is 1.60 bits per heavy atom. The fraction of sp³-hybridized carbons (Fsp3) is 0.263. The molecule has 6 heteroatoms. The first-order valence-corrected chi connectivity index (χ1v) is 9.20. The topological polar surface area (TPSA) is 48.0 Å². The number of aromatic nitrogens is 3. The summed E-state index contributed by atoms with van der Waals surface area (Å²) in [6, 6.07) is 12.4. The highest BCUT2D eigenvalue weighted by atomic mass is 79.9. The normalized spacial score (nSPS) is 15.5. The number of benzene rings is 1. The van der Waals surface area contributed by atoms with E-state index >= 15 is 0 Å². The maximum Gasteiger partial charge on any atom is 0.132 e. The van der Waals surface area contributed by atoms with Gasteiger partial charge in [-0.15, -0.1) is 0 Å². The van der Waals surface area contributed by atoms with Crippen LogP contribution in [0.4, 0.5) is 5.82 Å². The van der Waals surface area contributed by atoms with Crippen LogP contribution in [-0.2, 0) is 0 Å². The summed E-state index contributed by atoms with van der Waals surface area (Å²) in [5.41, 5.74) is 4.36. The minimum Gasteiger partial charge on any atom is -0.354 e. The second-order valence-electron chi connectivity index (χ2n) is 6.33. The molecule has 5 nitrogen and oxygen atoms in total. The molecule has 1 N–H and O–H groups in total. The van der Waals surface area contributed by atoms with E-state index in [0.717, 1.165) is 58.9 Å². The summed E-state index contributed by atoms with van der Waals surface area (Å²) < 4.78 is 1.07. The molecule has 1 saturated heterocycles. The van der Waals surface area contributed by atoms with Crippen LogP contribution in [0.25, 0.3) is 22.4 Å². The third kappa shape index (κ3) is 3.32. The highest BCUT2D eigenvalue weighted by Crippen LogP contribution is 2.38. The number of aromatic amines is 1. The van der Waals surface area contributed by atoms with Gasteiger partial charge in [0.25, 0.3) is 0 Å². The molecule has 3 aromatic rings. The van der Waals surface area contributed by atoms with Crippen molar-refractivity contribution in [3.8, 4) is 22.4 Å². The Labute approximate surface area is 155 Å². The van der Waals surface area contributed by atoms with Crippen LogP contribution in [0.3, 0.4) is 0 Å². The zero-order valence-corrected chi connectivity index (χ0v) is 15.7. The van der Waals surface area contributed by atoms with Gasteiger partial charge in [0.2, 0.25) is 0 Å². The second kappa shape index (κ2) is 6.98. The standard InChI is InChI=1S/C19H20BrN5/c1-24-10-12-25(13-11-24)19-17(14-6-8-21-9-7-14)18(22-23-19)15-2-4-16(20)5-3-15/h2-9H,10-13H2,1H3,(H,22,23). The summed E-state index contributed by atoms with van der Waals surface area (Å²) in [4.78, 5) is 8.91. The molecule has 4 rings (SSSR count). The molecular weight excluding hydrogens is 378 g/mol. The summed E-state index contributed by atoms with van der Waals surface area (Å²) in [5, 5.41) is 7.97. The van der Waals surface area contributed by atoms with Gasteiger partial charge in [-0.1, -0.05) is 28.1 Å². The first-order chi connectivity index (χ1) is 12.2. The third-order valence-corrected chi connectivity index (χ3v) is 5.18. The van der Waals surface area contributed by atoms with E-state index < -0.39 is 0 Å². The van der Waals surface area contributed by atoms with Crippen molar-refractivity contribution < 1.29 is 0 Å². The lowest BCUT2D eigenvalue weighted by atomic mass is 10.0. The van der Waals surface area contributed by atoms with Crippen molar-refractivity contribution in [2.75, 3.05) is 38.1 Å². The lowest BCUT2D eigenvalue weighted by molar-refractivity contribution is 0.312. The second-order valence-corrected chi connectivity index (χ2v) is 7.24. The lowest BCUT2D eigenvalue weighted by Gasteiger charge is -2.33. The van der Waals surface area contributed by atoms with Gasteiger partial charge in [0.15, 0.2) is 0 Å². The van der Waals surface area contributed by atoms with E-state index in [2.05, 4.69) is 72.2 Å². The average Bonchev–Trinajstić information content (AvgIpc) is 3.09. The number of nitrogens with one attached hydrogen (secondary N) is 1. The Hall–Kier alpha value is -2.18. The van der Waals surface area contributed by atoms with Gasteiger partial charge in [-0.25, -0.2) is 0 Å². The number of anilines is 1. The van der Waals surface area contributed by atoms with Gasteiger partial charge >= 0.3 is 0 Å². The monoisotopic (exact) mass is 397 g/mol. The summed E-state index contributed by atoms with van der Waals surface area (Å²) in [6.07, 6.45) is 3.67. The van der Waals surface area contributed by atoms with Gasteiger partial charge in [0.1, 0.15) is 11.5 Å². The molecular formula is C19H20BrN5. The van der Waals surface area contributed by atoms with Crippen LogP contribution in [0.5, 0.6) is 0 Å². The Kier molecular flexibility index (Phi) is 4.55. The van der Waals surface area contributed by atoms with Crippen LogP contribution >= 0.6 is 15.9 Å². The summed E-state index contributed by atoms with van der Waals surface area (Å²) in [5.74, 6) is 1.09. The molecule has 0 atom stereocenters. The van der Waals surface area contributed by atoms with Crippen LogP contribution in [-0.4, -0.2) is 53.3 Å². The first kappa shape index (κ1) is 16.3. The van der Waals surface area contributed by atoms with E-state index in [1.165, 1.54) is 0 Å². The van der Waals surface area contributed by atoms with Crippen molar-refractivity contribution >= 4 is 21.7 Å². The minimum absolute atomic E-state index is 0.979. The molecule has 0 bridgehead atoms. The molecule has 0 unspecified atom stereocenters. The Bertz CT molecular complexity index is 836. The molecule has 128 valence electrons. The smallest absolute Gasteiger partial charge is 0.132 e. The van der Waals surface area contributed by atoms with Gasteiger partial charge in [-0.05, 0) is 36.9 Å². The number of H-pyrrole nitrogens is 1. The quantitative estimate of drug-likeness (QED) is 0.732. The average molecular weight is 398 g/mol. The van der Waals surface area contributed by atoms with Crippen molar-refractivity contribution in [2.45, 2.75) is 0 Å². The van der Waals surface area contributed by atoms with E-state index in [1.807, 2.05) is 24.5 Å². The predicted octanol–water partition coefficient (Wildman–Crippen LogP) is 3.65. The largest absolute Gasteiger partial charge is 0.354 e. The van der Waals surface area contributed by atoms with E-state index in [1.54, 1.807) is 0 Å². The van der Waals surface area contributed by atoms with Gasteiger partial charge in [0, 0.05) is 48.6 Å². The van der Waals surface area contributed by atoms with Crippen molar-refractivity contribution in [3.05, 3.63) is 53.3 Å². The third-order valence-electron chi connectivity index (χ3n) is 4.65. The summed E-state index contributed by atoms with van der Waals surface area (Å²) in [7, 11) is 2.17. The van der Waals surface area contributed by atoms with Gasteiger partial charge in [-0.3, -0.25) is 10.1 Å². The number of piperazine rings is 1. The number of rotatable bonds is 3. The van der Waals surface area contributed by atoms with Crippen LogP contribution in [0.2, 0.25) is 0 Å². The fourth-order valence-corrected chi connectivity index (χ4v) is 3.46. The number of hydrogen-bond acceptors (Lipinski definition) is 4. The van der Waals surface area contributed by atoms with E-state index in [9.17, 15) is 0 Å². The molecule has 1 aromatic carbocycles. The first-order valence-electron chi connectivity index (χ1n) is 8.40. The molecule has 0 saturated carbocycles. The fourth-order valence-electron chi connectivity index (χ4n) is 3.20. The van der Waals surface area contributed by atoms with Crippen molar-refractivity contribution in [1.82, 2.24) is 20.1 Å². The maximum atomic E-state index is 4.67. The zero-order chi connectivity index (χ0) is 17.2. The van der Waals surface area contributed by atoms with Gasteiger partial charge in [0.05, 0.1) is 5.56 Å². The Balaban J connectivity index is 1.81. The van der Waals surface area contributed by atoms with Crippen molar-refractivity contribution in [1.29, 1.82) is 0 Å². The molecule has 25 heavy (non-hydrogen) atoms. The number of nitrogens with zero attached hydrogens (tertiary/aromatic N) is 4. The van der Waals surface area contributed by atoms with Crippen LogP contribution < -0.4 is 4.90 Å². The number of halogens is 1. The number of hydrogen-bond donors (Lipinski definition) is 1. The van der Waals surface area contributed by atoms with Crippen molar-refractivity contribution in [2.24, 2.45) is 0 Å². The van der Waals surface area contributed by atoms with E-state index in [4.69, 9.17) is 0 Å². The SMILES string of the molecule is CN1CCN(c2[nH]nc(-c3ccc(Br)cc3)c2-c2ccncc2)CC1. The van der Waals surface area contributed by atoms with Crippen LogP contribution in [0, 0.1) is 0 Å². The molecule has 0 aliphatic carbocycles. The molecule has 2 aromatic heterocycles. The Morgan fingerprint density at radius 3 is 2.28 bits per heavy atom. The van der Waals surface area contributed by atoms with E-state index in [-0.39, 0.29) is 0 Å². The molecule has 1 fully saturated rings. The molecule has 1 aliphatic heterocycles. The summed E-state index contributed by atoms with van der Waals surface area (Å²) in [6.45, 7) is 4.11.